The fourth-order valence-electron chi connectivity index (χ4n) is 1.93. The molecule has 0 aromatic rings. The molecule has 0 aromatic carbocycles. The second kappa shape index (κ2) is 5.47. The van der Waals surface area contributed by atoms with Crippen LogP contribution >= 0.6 is 0 Å². The summed E-state index contributed by atoms with van der Waals surface area (Å²) < 4.78 is 0. The third kappa shape index (κ3) is 3.18. The van der Waals surface area contributed by atoms with Crippen LogP contribution in [0.4, 0.5) is 0 Å². The standard InChI is InChI=1S/C11H23N3O/c1-4-9(2)13-5-7-14(8-6-13)11(15)10(3)12/h9-10H,4-8,12H2,1-3H3. The molecule has 4 heteroatoms. The Morgan fingerprint density at radius 1 is 1.27 bits per heavy atom. The van der Waals surface area contributed by atoms with Crippen molar-refractivity contribution in [1.29, 1.82) is 0 Å². The largest absolute Gasteiger partial charge is 0.339 e. The van der Waals surface area contributed by atoms with Crippen LogP contribution in [0, 0.1) is 0 Å². The van der Waals surface area contributed by atoms with Crippen molar-refractivity contribution in [1.82, 2.24) is 9.80 Å². The van der Waals surface area contributed by atoms with Gasteiger partial charge in [-0.2, -0.15) is 0 Å². The highest BCUT2D eigenvalue weighted by molar-refractivity contribution is 5.81. The van der Waals surface area contributed by atoms with Gasteiger partial charge in [-0.3, -0.25) is 9.69 Å². The molecule has 1 rings (SSSR count). The number of amides is 1. The van der Waals surface area contributed by atoms with Gasteiger partial charge in [0.15, 0.2) is 0 Å². The zero-order valence-electron chi connectivity index (χ0n) is 10.1. The van der Waals surface area contributed by atoms with E-state index in [0.29, 0.717) is 6.04 Å². The molecule has 2 atom stereocenters. The van der Waals surface area contributed by atoms with Crippen molar-refractivity contribution in [2.75, 3.05) is 26.2 Å². The van der Waals surface area contributed by atoms with Crippen LogP contribution in [0.5, 0.6) is 0 Å². The summed E-state index contributed by atoms with van der Waals surface area (Å²) in [5.41, 5.74) is 5.58. The van der Waals surface area contributed by atoms with Gasteiger partial charge in [-0.1, -0.05) is 6.92 Å². The normalized spacial score (nSPS) is 22.5. The fraction of sp³-hybridized carbons (Fsp3) is 0.909. The Hall–Kier alpha value is -0.610. The predicted octanol–water partition coefficient (Wildman–Crippen LogP) is 0.276. The molecule has 1 aliphatic rings. The fourth-order valence-corrected chi connectivity index (χ4v) is 1.93. The molecule has 0 aliphatic carbocycles. The minimum atomic E-state index is -0.361. The SMILES string of the molecule is CCC(C)N1CCN(C(=O)C(C)N)CC1. The first kappa shape index (κ1) is 12.5. The number of nitrogens with zero attached hydrogens (tertiary/aromatic N) is 2. The van der Waals surface area contributed by atoms with E-state index in [0.717, 1.165) is 26.2 Å². The van der Waals surface area contributed by atoms with Gasteiger partial charge in [0.25, 0.3) is 0 Å². The van der Waals surface area contributed by atoms with Crippen LogP contribution < -0.4 is 5.73 Å². The monoisotopic (exact) mass is 213 g/mol. The lowest BCUT2D eigenvalue weighted by Crippen LogP contribution is -2.54. The van der Waals surface area contributed by atoms with E-state index in [1.165, 1.54) is 6.42 Å². The maximum atomic E-state index is 11.6. The Balaban J connectivity index is 2.39. The zero-order chi connectivity index (χ0) is 11.4. The van der Waals surface area contributed by atoms with Crippen molar-refractivity contribution in [2.45, 2.75) is 39.3 Å². The molecular weight excluding hydrogens is 190 g/mol. The number of piperazine rings is 1. The molecule has 2 N–H and O–H groups in total. The number of hydrogen-bond acceptors (Lipinski definition) is 3. The first-order chi connectivity index (χ1) is 7.06. The smallest absolute Gasteiger partial charge is 0.239 e. The Kier molecular flexibility index (Phi) is 4.54. The molecule has 1 heterocycles. The maximum Gasteiger partial charge on any atom is 0.239 e. The van der Waals surface area contributed by atoms with E-state index in [-0.39, 0.29) is 11.9 Å². The van der Waals surface area contributed by atoms with Crippen LogP contribution in [-0.2, 0) is 4.79 Å². The van der Waals surface area contributed by atoms with Gasteiger partial charge in [0, 0.05) is 32.2 Å². The molecule has 0 spiro atoms. The molecule has 4 nitrogen and oxygen atoms in total. The summed E-state index contributed by atoms with van der Waals surface area (Å²) in [6, 6.07) is 0.262. The van der Waals surface area contributed by atoms with Crippen molar-refractivity contribution in [2.24, 2.45) is 5.73 Å². The molecule has 1 aliphatic heterocycles. The average Bonchev–Trinajstić information content (AvgIpc) is 2.27. The van der Waals surface area contributed by atoms with E-state index in [1.54, 1.807) is 6.92 Å². The molecular formula is C11H23N3O. The Morgan fingerprint density at radius 3 is 2.20 bits per heavy atom. The second-order valence-electron chi connectivity index (χ2n) is 4.41. The molecule has 0 aromatic heterocycles. The molecule has 0 saturated carbocycles. The third-order valence-corrected chi connectivity index (χ3v) is 3.23. The molecule has 1 amide bonds. The molecule has 15 heavy (non-hydrogen) atoms. The summed E-state index contributed by atoms with van der Waals surface area (Å²) >= 11 is 0. The minimum Gasteiger partial charge on any atom is -0.339 e. The quantitative estimate of drug-likeness (QED) is 0.732. The van der Waals surface area contributed by atoms with Gasteiger partial charge >= 0.3 is 0 Å². The Morgan fingerprint density at radius 2 is 1.80 bits per heavy atom. The van der Waals surface area contributed by atoms with Crippen LogP contribution in [0.2, 0.25) is 0 Å². The van der Waals surface area contributed by atoms with Gasteiger partial charge in [-0.25, -0.2) is 0 Å². The highest BCUT2D eigenvalue weighted by Crippen LogP contribution is 2.09. The van der Waals surface area contributed by atoms with Crippen LogP contribution in [0.15, 0.2) is 0 Å². The summed E-state index contributed by atoms with van der Waals surface area (Å²) in [5, 5.41) is 0. The number of rotatable bonds is 3. The van der Waals surface area contributed by atoms with Gasteiger partial charge < -0.3 is 10.6 Å². The van der Waals surface area contributed by atoms with Crippen molar-refractivity contribution in [3.8, 4) is 0 Å². The van der Waals surface area contributed by atoms with E-state index < -0.39 is 0 Å². The topological polar surface area (TPSA) is 49.6 Å². The minimum absolute atomic E-state index is 0.0822. The summed E-state index contributed by atoms with van der Waals surface area (Å²) in [4.78, 5) is 15.9. The lowest BCUT2D eigenvalue weighted by atomic mass is 10.2. The Labute approximate surface area is 92.4 Å². The van der Waals surface area contributed by atoms with E-state index in [4.69, 9.17) is 5.73 Å². The zero-order valence-corrected chi connectivity index (χ0v) is 10.1. The van der Waals surface area contributed by atoms with Crippen molar-refractivity contribution in [3.05, 3.63) is 0 Å². The van der Waals surface area contributed by atoms with Gasteiger partial charge in [0.05, 0.1) is 6.04 Å². The lowest BCUT2D eigenvalue weighted by Gasteiger charge is -2.38. The third-order valence-electron chi connectivity index (χ3n) is 3.23. The van der Waals surface area contributed by atoms with Gasteiger partial charge in [-0.15, -0.1) is 0 Å². The van der Waals surface area contributed by atoms with E-state index >= 15 is 0 Å². The lowest BCUT2D eigenvalue weighted by molar-refractivity contribution is -0.134. The van der Waals surface area contributed by atoms with Crippen LogP contribution in [0.1, 0.15) is 27.2 Å². The molecule has 0 bridgehead atoms. The predicted molar refractivity (Wildman–Crippen MR) is 61.6 cm³/mol. The number of carbonyl (C=O) groups is 1. The van der Waals surface area contributed by atoms with Gasteiger partial charge in [0.2, 0.25) is 5.91 Å². The van der Waals surface area contributed by atoms with Crippen molar-refractivity contribution in [3.63, 3.8) is 0 Å². The average molecular weight is 213 g/mol. The highest BCUT2D eigenvalue weighted by Gasteiger charge is 2.24. The number of hydrogen-bond donors (Lipinski definition) is 1. The van der Waals surface area contributed by atoms with Gasteiger partial charge in [0.1, 0.15) is 0 Å². The summed E-state index contributed by atoms with van der Waals surface area (Å²) in [7, 11) is 0. The van der Waals surface area contributed by atoms with E-state index in [9.17, 15) is 4.79 Å². The van der Waals surface area contributed by atoms with Gasteiger partial charge in [-0.05, 0) is 20.3 Å². The summed E-state index contributed by atoms with van der Waals surface area (Å²) in [6.07, 6.45) is 1.17. The first-order valence-corrected chi connectivity index (χ1v) is 5.84. The van der Waals surface area contributed by atoms with Crippen molar-refractivity contribution >= 4 is 5.91 Å². The highest BCUT2D eigenvalue weighted by atomic mass is 16.2. The summed E-state index contributed by atoms with van der Waals surface area (Å²) in [5.74, 6) is 0.0822. The Bertz CT molecular complexity index is 210. The van der Waals surface area contributed by atoms with Crippen LogP contribution in [-0.4, -0.2) is 54.0 Å². The van der Waals surface area contributed by atoms with Crippen molar-refractivity contribution < 1.29 is 4.79 Å². The second-order valence-corrected chi connectivity index (χ2v) is 4.41. The molecule has 0 radical (unpaired) electrons. The van der Waals surface area contributed by atoms with E-state index in [2.05, 4.69) is 18.7 Å². The van der Waals surface area contributed by atoms with Crippen LogP contribution in [0.25, 0.3) is 0 Å². The molecule has 1 saturated heterocycles. The molecule has 1 fully saturated rings. The van der Waals surface area contributed by atoms with E-state index in [1.807, 2.05) is 4.90 Å². The maximum absolute atomic E-state index is 11.6. The molecule has 88 valence electrons. The number of nitrogens with two attached hydrogens (primary N) is 1. The summed E-state index contributed by atoms with van der Waals surface area (Å²) in [6.45, 7) is 9.80. The molecule has 2 unspecified atom stereocenters. The van der Waals surface area contributed by atoms with Crippen LogP contribution in [0.3, 0.4) is 0 Å². The first-order valence-electron chi connectivity index (χ1n) is 5.84. The number of carbonyl (C=O) groups excluding carboxylic acids is 1.